The highest BCUT2D eigenvalue weighted by Gasteiger charge is 2.26. The van der Waals surface area contributed by atoms with E-state index in [0.717, 1.165) is 0 Å². The van der Waals surface area contributed by atoms with Gasteiger partial charge in [0.2, 0.25) is 5.91 Å². The van der Waals surface area contributed by atoms with Gasteiger partial charge < -0.3 is 19.3 Å². The van der Waals surface area contributed by atoms with Crippen LogP contribution in [0.15, 0.2) is 29.2 Å². The number of nitrogens with zero attached hydrogens (tertiary/aromatic N) is 2. The molecule has 1 aromatic carbocycles. The zero-order chi connectivity index (χ0) is 20.0. The molecule has 1 aliphatic rings. The Hall–Kier alpha value is -2.06. The number of hydrogen-bond acceptors (Lipinski definition) is 6. The second kappa shape index (κ2) is 9.75. The van der Waals surface area contributed by atoms with E-state index in [2.05, 4.69) is 0 Å². The van der Waals surface area contributed by atoms with Crippen molar-refractivity contribution in [2.75, 3.05) is 39.5 Å². The normalized spacial score (nSPS) is 19.5. The van der Waals surface area contributed by atoms with E-state index in [1.807, 2.05) is 13.8 Å². The van der Waals surface area contributed by atoms with Gasteiger partial charge in [0.05, 0.1) is 23.5 Å². The minimum Gasteiger partial charge on any atom is -0.452 e. The molecule has 0 N–H and O–H groups in total. The lowest BCUT2D eigenvalue weighted by atomic mass is 10.2. The molecule has 1 heterocycles. The van der Waals surface area contributed by atoms with Crippen molar-refractivity contribution in [1.82, 2.24) is 9.80 Å². The minimum absolute atomic E-state index is 0.0419. The van der Waals surface area contributed by atoms with Crippen LogP contribution in [0.5, 0.6) is 0 Å². The van der Waals surface area contributed by atoms with E-state index < -0.39 is 5.97 Å². The molecule has 0 spiro atoms. The Morgan fingerprint density at radius 3 is 2.44 bits per heavy atom. The molecule has 2 rings (SSSR count). The van der Waals surface area contributed by atoms with Gasteiger partial charge >= 0.3 is 5.97 Å². The lowest BCUT2D eigenvalue weighted by molar-refractivity contribution is -0.146. The highest BCUT2D eigenvalue weighted by Crippen LogP contribution is 2.23. The lowest BCUT2D eigenvalue weighted by Gasteiger charge is -2.35. The van der Waals surface area contributed by atoms with E-state index in [4.69, 9.17) is 9.47 Å². The number of thioether (sulfide) groups is 1. The van der Waals surface area contributed by atoms with Crippen molar-refractivity contribution >= 4 is 29.5 Å². The van der Waals surface area contributed by atoms with E-state index in [1.54, 1.807) is 43.3 Å². The predicted molar refractivity (Wildman–Crippen MR) is 103 cm³/mol. The smallest absolute Gasteiger partial charge is 0.339 e. The largest absolute Gasteiger partial charge is 0.452 e. The van der Waals surface area contributed by atoms with Gasteiger partial charge in [-0.3, -0.25) is 9.59 Å². The molecule has 27 heavy (non-hydrogen) atoms. The molecule has 1 aromatic rings. The number of rotatable bonds is 6. The van der Waals surface area contributed by atoms with Gasteiger partial charge in [0, 0.05) is 32.1 Å². The number of benzene rings is 1. The molecule has 148 valence electrons. The second-order valence-corrected chi connectivity index (χ2v) is 7.72. The van der Waals surface area contributed by atoms with E-state index in [1.165, 1.54) is 16.7 Å². The Labute approximate surface area is 164 Å². The summed E-state index contributed by atoms with van der Waals surface area (Å²) in [5.41, 5.74) is 0.352. The number of morpholine rings is 1. The van der Waals surface area contributed by atoms with E-state index in [-0.39, 0.29) is 36.4 Å². The molecule has 1 aliphatic heterocycles. The van der Waals surface area contributed by atoms with Crippen molar-refractivity contribution < 1.29 is 23.9 Å². The van der Waals surface area contributed by atoms with Gasteiger partial charge in [0.1, 0.15) is 0 Å². The van der Waals surface area contributed by atoms with E-state index in [0.29, 0.717) is 23.5 Å². The summed E-state index contributed by atoms with van der Waals surface area (Å²) in [5.74, 6) is -0.634. The lowest BCUT2D eigenvalue weighted by Crippen LogP contribution is -2.49. The fraction of sp³-hybridized carbons (Fsp3) is 0.526. The predicted octanol–water partition coefficient (Wildman–Crippen LogP) is 1.66. The SMILES string of the molecule is C[C@@H]1CN(C(=O)COC(=O)c2ccccc2SCC(=O)N(C)C)C[C@@H](C)O1. The summed E-state index contributed by atoms with van der Waals surface area (Å²) in [6.45, 7) is 4.47. The van der Waals surface area contributed by atoms with Crippen LogP contribution >= 0.6 is 11.8 Å². The fourth-order valence-electron chi connectivity index (χ4n) is 2.71. The molecule has 0 bridgehead atoms. The average molecular weight is 394 g/mol. The monoisotopic (exact) mass is 394 g/mol. The van der Waals surface area contributed by atoms with Crippen LogP contribution in [0.4, 0.5) is 0 Å². The van der Waals surface area contributed by atoms with Gasteiger partial charge in [0.25, 0.3) is 5.91 Å². The number of amides is 2. The fourth-order valence-corrected chi connectivity index (χ4v) is 3.73. The van der Waals surface area contributed by atoms with Crippen LogP contribution in [0.3, 0.4) is 0 Å². The Kier molecular flexibility index (Phi) is 7.67. The molecule has 1 saturated heterocycles. The first-order valence-corrected chi connectivity index (χ1v) is 9.78. The Bertz CT molecular complexity index is 684. The van der Waals surface area contributed by atoms with Crippen molar-refractivity contribution in [3.63, 3.8) is 0 Å². The minimum atomic E-state index is -0.571. The van der Waals surface area contributed by atoms with Gasteiger partial charge in [-0.05, 0) is 26.0 Å². The van der Waals surface area contributed by atoms with Crippen molar-refractivity contribution in [1.29, 1.82) is 0 Å². The second-order valence-electron chi connectivity index (χ2n) is 6.71. The third kappa shape index (κ3) is 6.25. The van der Waals surface area contributed by atoms with Gasteiger partial charge in [-0.2, -0.15) is 0 Å². The zero-order valence-corrected chi connectivity index (χ0v) is 17.0. The molecule has 7 nitrogen and oxygen atoms in total. The van der Waals surface area contributed by atoms with Crippen LogP contribution in [-0.4, -0.2) is 79.3 Å². The molecule has 2 atom stereocenters. The maximum atomic E-state index is 12.4. The van der Waals surface area contributed by atoms with Gasteiger partial charge in [-0.15, -0.1) is 11.8 Å². The molecule has 0 unspecified atom stereocenters. The van der Waals surface area contributed by atoms with Crippen molar-refractivity contribution in [3.05, 3.63) is 29.8 Å². The van der Waals surface area contributed by atoms with Crippen LogP contribution in [0.25, 0.3) is 0 Å². The highest BCUT2D eigenvalue weighted by molar-refractivity contribution is 8.00. The molecule has 0 saturated carbocycles. The Morgan fingerprint density at radius 2 is 1.81 bits per heavy atom. The summed E-state index contributed by atoms with van der Waals surface area (Å²) in [7, 11) is 3.37. The first-order chi connectivity index (χ1) is 12.8. The maximum Gasteiger partial charge on any atom is 0.339 e. The molecule has 1 fully saturated rings. The first kappa shape index (κ1) is 21.2. The van der Waals surface area contributed by atoms with Crippen LogP contribution in [0.1, 0.15) is 24.2 Å². The van der Waals surface area contributed by atoms with Crippen LogP contribution in [-0.2, 0) is 19.1 Å². The number of hydrogen-bond donors (Lipinski definition) is 0. The number of ether oxygens (including phenoxy) is 2. The Morgan fingerprint density at radius 1 is 1.19 bits per heavy atom. The highest BCUT2D eigenvalue weighted by atomic mass is 32.2. The summed E-state index contributed by atoms with van der Waals surface area (Å²) in [6, 6.07) is 6.91. The molecule has 8 heteroatoms. The topological polar surface area (TPSA) is 76.2 Å². The zero-order valence-electron chi connectivity index (χ0n) is 16.1. The Balaban J connectivity index is 1.94. The summed E-state index contributed by atoms with van der Waals surface area (Å²) in [6.07, 6.45) is -0.0838. The average Bonchev–Trinajstić information content (AvgIpc) is 2.63. The molecule has 0 aliphatic carbocycles. The summed E-state index contributed by atoms with van der Waals surface area (Å²) in [5, 5.41) is 0. The number of carbonyl (C=O) groups excluding carboxylic acids is 3. The van der Waals surface area contributed by atoms with Crippen LogP contribution in [0, 0.1) is 0 Å². The van der Waals surface area contributed by atoms with Crippen molar-refractivity contribution in [2.24, 2.45) is 0 Å². The molecular formula is C19H26N2O5S. The van der Waals surface area contributed by atoms with Crippen LogP contribution in [0.2, 0.25) is 0 Å². The quantitative estimate of drug-likeness (QED) is 0.540. The molecule has 2 amide bonds. The molecule has 0 radical (unpaired) electrons. The van der Waals surface area contributed by atoms with E-state index in [9.17, 15) is 14.4 Å². The summed E-state index contributed by atoms with van der Waals surface area (Å²) < 4.78 is 10.8. The standard InChI is InChI=1S/C19H26N2O5S/c1-13-9-21(10-14(2)26-13)17(22)11-25-19(24)15-7-5-6-8-16(15)27-12-18(23)20(3)4/h5-8,13-14H,9-12H2,1-4H3/t13-,14-/m1/s1. The van der Waals surface area contributed by atoms with Gasteiger partial charge in [-0.25, -0.2) is 4.79 Å². The van der Waals surface area contributed by atoms with Crippen LogP contribution < -0.4 is 0 Å². The van der Waals surface area contributed by atoms with Crippen molar-refractivity contribution in [3.8, 4) is 0 Å². The van der Waals surface area contributed by atoms with Gasteiger partial charge in [0.15, 0.2) is 6.61 Å². The first-order valence-electron chi connectivity index (χ1n) is 8.80. The number of carbonyl (C=O) groups is 3. The van der Waals surface area contributed by atoms with E-state index >= 15 is 0 Å². The molecule has 0 aromatic heterocycles. The third-order valence-electron chi connectivity index (χ3n) is 4.06. The summed E-state index contributed by atoms with van der Waals surface area (Å²) >= 11 is 1.27. The van der Waals surface area contributed by atoms with Crippen molar-refractivity contribution in [2.45, 2.75) is 31.0 Å². The maximum absolute atomic E-state index is 12.4. The summed E-state index contributed by atoms with van der Waals surface area (Å²) in [4.78, 5) is 40.3. The van der Waals surface area contributed by atoms with Gasteiger partial charge in [-0.1, -0.05) is 12.1 Å². The number of esters is 1. The molecular weight excluding hydrogens is 368 g/mol. The third-order valence-corrected chi connectivity index (χ3v) is 5.11.